The van der Waals surface area contributed by atoms with Crippen molar-refractivity contribution in [2.45, 2.75) is 25.9 Å². The summed E-state index contributed by atoms with van der Waals surface area (Å²) < 4.78 is 16.5. The summed E-state index contributed by atoms with van der Waals surface area (Å²) >= 11 is 0. The van der Waals surface area contributed by atoms with Gasteiger partial charge < -0.3 is 19.1 Å². The molecule has 0 aliphatic carbocycles. The number of hydrogen-bond acceptors (Lipinski definition) is 6. The fourth-order valence-electron chi connectivity index (χ4n) is 3.25. The number of nitrogens with zero attached hydrogens (tertiary/aromatic N) is 3. The fraction of sp³-hybridized carbons (Fsp3) is 0.421. The predicted molar refractivity (Wildman–Crippen MR) is 93.3 cm³/mol. The van der Waals surface area contributed by atoms with Crippen molar-refractivity contribution in [2.75, 3.05) is 26.5 Å². The molecule has 2 aliphatic heterocycles. The largest absolute Gasteiger partial charge is 0.454 e. The molecule has 4 rings (SSSR count). The lowest BCUT2D eigenvalue weighted by Gasteiger charge is -2.33. The number of aromatic nitrogens is 2. The van der Waals surface area contributed by atoms with Crippen LogP contribution in [0.3, 0.4) is 0 Å². The molecule has 2 aliphatic rings. The Kier molecular flexibility index (Phi) is 4.71. The third kappa shape index (κ3) is 3.62. The topological polar surface area (TPSA) is 73.8 Å². The van der Waals surface area contributed by atoms with E-state index in [-0.39, 0.29) is 18.8 Å². The molecule has 26 heavy (non-hydrogen) atoms. The van der Waals surface area contributed by atoms with Crippen LogP contribution in [-0.2, 0) is 11.2 Å². The molecule has 0 unspecified atom stereocenters. The molecule has 0 N–H and O–H groups in total. The average molecular weight is 355 g/mol. The van der Waals surface area contributed by atoms with Crippen molar-refractivity contribution in [1.29, 1.82) is 0 Å². The van der Waals surface area contributed by atoms with Crippen molar-refractivity contribution in [3.8, 4) is 11.5 Å². The molecule has 1 aromatic heterocycles. The van der Waals surface area contributed by atoms with E-state index in [1.54, 1.807) is 24.5 Å². The first-order valence-corrected chi connectivity index (χ1v) is 8.77. The Bertz CT molecular complexity index is 811. The molecule has 7 heteroatoms. The van der Waals surface area contributed by atoms with E-state index < -0.39 is 0 Å². The van der Waals surface area contributed by atoms with Crippen molar-refractivity contribution in [3.05, 3.63) is 47.5 Å². The van der Waals surface area contributed by atoms with Gasteiger partial charge in [-0.05, 0) is 44.0 Å². The van der Waals surface area contributed by atoms with Crippen LogP contribution in [0, 0.1) is 6.92 Å². The minimum Gasteiger partial charge on any atom is -0.454 e. The summed E-state index contributed by atoms with van der Waals surface area (Å²) in [6, 6.07) is 7.30. The molecule has 0 radical (unpaired) electrons. The van der Waals surface area contributed by atoms with Crippen LogP contribution in [0.5, 0.6) is 11.5 Å². The van der Waals surface area contributed by atoms with Gasteiger partial charge in [-0.15, -0.1) is 0 Å². The van der Waals surface area contributed by atoms with E-state index in [1.165, 1.54) is 0 Å². The standard InChI is InChI=1S/C19H21N3O4/c1-13-8-15(21-11-20-13)3-4-16-10-22(6-7-24-16)19(23)14-2-5-17-18(9-14)26-12-25-17/h2,5,8-9,11,16H,3-4,6-7,10,12H2,1H3/t16-/m0/s1. The quantitative estimate of drug-likeness (QED) is 0.835. The maximum atomic E-state index is 12.8. The van der Waals surface area contributed by atoms with Gasteiger partial charge in [0.05, 0.1) is 12.7 Å². The Morgan fingerprint density at radius 3 is 3.00 bits per heavy atom. The second kappa shape index (κ2) is 7.29. The monoisotopic (exact) mass is 355 g/mol. The fourth-order valence-corrected chi connectivity index (χ4v) is 3.25. The second-order valence-corrected chi connectivity index (χ2v) is 6.50. The Balaban J connectivity index is 1.37. The molecule has 0 spiro atoms. The highest BCUT2D eigenvalue weighted by Crippen LogP contribution is 2.33. The highest BCUT2D eigenvalue weighted by molar-refractivity contribution is 5.95. The van der Waals surface area contributed by atoms with Gasteiger partial charge in [-0.1, -0.05) is 0 Å². The van der Waals surface area contributed by atoms with Crippen LogP contribution in [0.2, 0.25) is 0 Å². The zero-order valence-corrected chi connectivity index (χ0v) is 14.7. The lowest BCUT2D eigenvalue weighted by Crippen LogP contribution is -2.45. The summed E-state index contributed by atoms with van der Waals surface area (Å²) in [5, 5.41) is 0. The molecule has 1 saturated heterocycles. The van der Waals surface area contributed by atoms with Gasteiger partial charge in [0.2, 0.25) is 6.79 Å². The SMILES string of the molecule is Cc1cc(CC[C@H]2CN(C(=O)c3ccc4c(c3)OCO4)CCO2)ncn1. The van der Waals surface area contributed by atoms with Crippen LogP contribution in [0.4, 0.5) is 0 Å². The first-order valence-electron chi connectivity index (χ1n) is 8.77. The summed E-state index contributed by atoms with van der Waals surface area (Å²) in [5.41, 5.74) is 2.57. The van der Waals surface area contributed by atoms with Gasteiger partial charge in [0.1, 0.15) is 6.33 Å². The lowest BCUT2D eigenvalue weighted by atomic mass is 10.1. The normalized spacial score (nSPS) is 18.8. The first-order chi connectivity index (χ1) is 12.7. The molecule has 1 fully saturated rings. The summed E-state index contributed by atoms with van der Waals surface area (Å²) in [5.74, 6) is 1.30. The molecular weight excluding hydrogens is 334 g/mol. The predicted octanol–water partition coefficient (Wildman–Crippen LogP) is 1.99. The minimum atomic E-state index is -0.00511. The van der Waals surface area contributed by atoms with Crippen molar-refractivity contribution in [2.24, 2.45) is 0 Å². The Labute approximate surface area is 151 Å². The minimum absolute atomic E-state index is 0.00511. The van der Waals surface area contributed by atoms with Gasteiger partial charge in [0.15, 0.2) is 11.5 Å². The van der Waals surface area contributed by atoms with E-state index in [2.05, 4.69) is 9.97 Å². The number of ether oxygens (including phenoxy) is 3. The van der Waals surface area contributed by atoms with E-state index in [9.17, 15) is 4.79 Å². The molecule has 2 aromatic rings. The number of benzene rings is 1. The number of aryl methyl sites for hydroxylation is 2. The number of hydrogen-bond donors (Lipinski definition) is 0. The number of amides is 1. The molecule has 3 heterocycles. The first kappa shape index (κ1) is 16.8. The lowest BCUT2D eigenvalue weighted by molar-refractivity contribution is -0.0247. The number of morpholine rings is 1. The van der Waals surface area contributed by atoms with Crippen LogP contribution < -0.4 is 9.47 Å². The molecule has 136 valence electrons. The highest BCUT2D eigenvalue weighted by Gasteiger charge is 2.26. The van der Waals surface area contributed by atoms with Gasteiger partial charge in [-0.3, -0.25) is 4.79 Å². The van der Waals surface area contributed by atoms with E-state index in [0.29, 0.717) is 36.8 Å². The number of carbonyl (C=O) groups is 1. The van der Waals surface area contributed by atoms with E-state index >= 15 is 0 Å². The van der Waals surface area contributed by atoms with Crippen LogP contribution in [0.1, 0.15) is 28.2 Å². The molecule has 0 saturated carbocycles. The van der Waals surface area contributed by atoms with Gasteiger partial charge in [-0.25, -0.2) is 9.97 Å². The second-order valence-electron chi connectivity index (χ2n) is 6.50. The zero-order valence-electron chi connectivity index (χ0n) is 14.7. The molecule has 7 nitrogen and oxygen atoms in total. The maximum Gasteiger partial charge on any atom is 0.254 e. The van der Waals surface area contributed by atoms with Crippen molar-refractivity contribution in [1.82, 2.24) is 14.9 Å². The third-order valence-electron chi connectivity index (χ3n) is 4.63. The number of rotatable bonds is 4. The van der Waals surface area contributed by atoms with Crippen molar-refractivity contribution in [3.63, 3.8) is 0 Å². The van der Waals surface area contributed by atoms with Gasteiger partial charge >= 0.3 is 0 Å². The highest BCUT2D eigenvalue weighted by atomic mass is 16.7. The Morgan fingerprint density at radius 1 is 1.23 bits per heavy atom. The van der Waals surface area contributed by atoms with Gasteiger partial charge in [0.25, 0.3) is 5.91 Å². The van der Waals surface area contributed by atoms with Gasteiger partial charge in [0, 0.05) is 30.0 Å². The van der Waals surface area contributed by atoms with Crippen molar-refractivity contribution >= 4 is 5.91 Å². The molecule has 1 aromatic carbocycles. The summed E-state index contributed by atoms with van der Waals surface area (Å²) in [7, 11) is 0. The zero-order chi connectivity index (χ0) is 17.9. The molecule has 1 amide bonds. The smallest absolute Gasteiger partial charge is 0.254 e. The molecule has 0 bridgehead atoms. The summed E-state index contributed by atoms with van der Waals surface area (Å²) in [6.45, 7) is 3.88. The van der Waals surface area contributed by atoms with Crippen LogP contribution in [-0.4, -0.2) is 53.4 Å². The molecular formula is C19H21N3O4. The summed E-state index contributed by atoms with van der Waals surface area (Å²) in [4.78, 5) is 23.1. The number of carbonyl (C=O) groups excluding carboxylic acids is 1. The average Bonchev–Trinajstić information content (AvgIpc) is 3.14. The van der Waals surface area contributed by atoms with Crippen LogP contribution >= 0.6 is 0 Å². The Hall–Kier alpha value is -2.67. The summed E-state index contributed by atoms with van der Waals surface area (Å²) in [6.07, 6.45) is 3.22. The van der Waals surface area contributed by atoms with E-state index in [0.717, 1.165) is 24.2 Å². The van der Waals surface area contributed by atoms with Crippen LogP contribution in [0.25, 0.3) is 0 Å². The Morgan fingerprint density at radius 2 is 2.12 bits per heavy atom. The van der Waals surface area contributed by atoms with Crippen LogP contribution in [0.15, 0.2) is 30.6 Å². The van der Waals surface area contributed by atoms with E-state index in [1.807, 2.05) is 17.9 Å². The third-order valence-corrected chi connectivity index (χ3v) is 4.63. The molecule has 1 atom stereocenters. The maximum absolute atomic E-state index is 12.8. The van der Waals surface area contributed by atoms with Gasteiger partial charge in [-0.2, -0.15) is 0 Å². The van der Waals surface area contributed by atoms with Crippen molar-refractivity contribution < 1.29 is 19.0 Å². The number of fused-ring (bicyclic) bond motifs is 1. The van der Waals surface area contributed by atoms with E-state index in [4.69, 9.17) is 14.2 Å².